The number of hydrazone groups is 1. The van der Waals surface area contributed by atoms with Crippen LogP contribution in [0.1, 0.15) is 32.7 Å². The van der Waals surface area contributed by atoms with E-state index in [1.54, 1.807) is 0 Å². The van der Waals surface area contributed by atoms with E-state index in [-0.39, 0.29) is 11.1 Å². The van der Waals surface area contributed by atoms with E-state index in [2.05, 4.69) is 16.6 Å². The van der Waals surface area contributed by atoms with Gasteiger partial charge < -0.3 is 4.57 Å². The first-order valence-corrected chi connectivity index (χ1v) is 8.27. The van der Waals surface area contributed by atoms with Gasteiger partial charge in [-0.25, -0.2) is 9.82 Å². The number of halogens is 1. The van der Waals surface area contributed by atoms with E-state index in [0.29, 0.717) is 0 Å². The average Bonchev–Trinajstić information content (AvgIpc) is 3.09. The molecule has 2 aromatic carbocycles. The zero-order valence-electron chi connectivity index (χ0n) is 14.9. The van der Waals surface area contributed by atoms with Gasteiger partial charge in [0.15, 0.2) is 0 Å². The highest BCUT2D eigenvalue weighted by molar-refractivity contribution is 5.95. The third-order valence-electron chi connectivity index (χ3n) is 4.10. The summed E-state index contributed by atoms with van der Waals surface area (Å²) in [5.74, 6) is -1.45. The maximum atomic E-state index is 13.9. The van der Waals surface area contributed by atoms with Crippen LogP contribution in [0.25, 0.3) is 5.69 Å². The minimum absolute atomic E-state index is 0.152. The number of carbonyl (C=O) groups excluding carboxylic acids is 1. The van der Waals surface area contributed by atoms with E-state index >= 15 is 0 Å². The Balaban J connectivity index is 1.77. The van der Waals surface area contributed by atoms with Crippen LogP contribution < -0.4 is 5.43 Å². The van der Waals surface area contributed by atoms with Gasteiger partial charge in [0.05, 0.1) is 29.1 Å². The van der Waals surface area contributed by atoms with E-state index in [0.717, 1.165) is 23.0 Å². The predicted octanol–water partition coefficient (Wildman–Crippen LogP) is 3.87. The van der Waals surface area contributed by atoms with Crippen LogP contribution in [-0.4, -0.2) is 16.7 Å². The third kappa shape index (κ3) is 3.93. The molecule has 5 nitrogen and oxygen atoms in total. The maximum absolute atomic E-state index is 13.9. The third-order valence-corrected chi connectivity index (χ3v) is 4.10. The van der Waals surface area contributed by atoms with Crippen molar-refractivity contribution in [1.29, 1.82) is 5.26 Å². The van der Waals surface area contributed by atoms with Gasteiger partial charge >= 0.3 is 0 Å². The molecule has 0 saturated carbocycles. The van der Waals surface area contributed by atoms with E-state index in [1.165, 1.54) is 23.9 Å². The molecule has 134 valence electrons. The van der Waals surface area contributed by atoms with E-state index in [4.69, 9.17) is 5.26 Å². The lowest BCUT2D eigenvalue weighted by molar-refractivity contribution is 0.0951. The van der Waals surface area contributed by atoms with Crippen molar-refractivity contribution in [2.24, 2.45) is 5.10 Å². The Morgan fingerprint density at radius 2 is 2.04 bits per heavy atom. The van der Waals surface area contributed by atoms with Crippen molar-refractivity contribution >= 4 is 12.1 Å². The van der Waals surface area contributed by atoms with Crippen LogP contribution in [0.2, 0.25) is 0 Å². The normalized spacial score (nSPS) is 10.7. The number of hydrogen-bond donors (Lipinski definition) is 1. The number of benzene rings is 2. The molecule has 3 rings (SSSR count). The zero-order chi connectivity index (χ0) is 19.4. The van der Waals surface area contributed by atoms with Crippen LogP contribution in [0.3, 0.4) is 0 Å². The molecule has 1 aromatic heterocycles. The SMILES string of the molecule is Cc1ccc(-n2cccc2/C=N\NC(=O)c2ccc(C#N)cc2F)c(C)c1. The molecule has 6 heteroatoms. The van der Waals surface area contributed by atoms with Gasteiger partial charge in [-0.15, -0.1) is 0 Å². The van der Waals surface area contributed by atoms with Gasteiger partial charge in [0.2, 0.25) is 0 Å². The number of rotatable bonds is 4. The van der Waals surface area contributed by atoms with Crippen molar-refractivity contribution < 1.29 is 9.18 Å². The molecule has 1 heterocycles. The number of aryl methyl sites for hydroxylation is 2. The molecule has 0 aliphatic heterocycles. The minimum Gasteiger partial charge on any atom is -0.315 e. The fraction of sp³-hybridized carbons (Fsp3) is 0.0952. The minimum atomic E-state index is -0.764. The highest BCUT2D eigenvalue weighted by atomic mass is 19.1. The topological polar surface area (TPSA) is 70.2 Å². The standard InChI is InChI=1S/C21H17FN4O/c1-14-5-8-20(15(2)10-14)26-9-3-4-17(26)13-24-25-21(27)18-7-6-16(12-23)11-19(18)22/h3-11,13H,1-2H3,(H,25,27)/b24-13-. The Bertz CT molecular complexity index is 1080. The molecule has 0 aliphatic rings. The molecule has 0 aliphatic carbocycles. The second-order valence-electron chi connectivity index (χ2n) is 6.10. The Morgan fingerprint density at radius 3 is 2.74 bits per heavy atom. The number of nitrogens with one attached hydrogen (secondary N) is 1. The fourth-order valence-electron chi connectivity index (χ4n) is 2.78. The molecule has 0 radical (unpaired) electrons. The van der Waals surface area contributed by atoms with Gasteiger partial charge in [0, 0.05) is 11.9 Å². The molecule has 1 amide bonds. The van der Waals surface area contributed by atoms with Gasteiger partial charge in [-0.05, 0) is 55.8 Å². The van der Waals surface area contributed by atoms with E-state index in [1.807, 2.05) is 54.9 Å². The lowest BCUT2D eigenvalue weighted by atomic mass is 10.1. The zero-order valence-corrected chi connectivity index (χ0v) is 14.9. The molecular formula is C21H17FN4O. The first-order valence-electron chi connectivity index (χ1n) is 8.27. The summed E-state index contributed by atoms with van der Waals surface area (Å²) in [5, 5.41) is 12.7. The lowest BCUT2D eigenvalue weighted by Crippen LogP contribution is -2.19. The fourth-order valence-corrected chi connectivity index (χ4v) is 2.78. The summed E-state index contributed by atoms with van der Waals surface area (Å²) in [6.45, 7) is 4.06. The Labute approximate surface area is 156 Å². The van der Waals surface area contributed by atoms with Crippen molar-refractivity contribution in [2.75, 3.05) is 0 Å². The molecule has 27 heavy (non-hydrogen) atoms. The van der Waals surface area contributed by atoms with Crippen molar-refractivity contribution in [2.45, 2.75) is 13.8 Å². The number of amides is 1. The van der Waals surface area contributed by atoms with Crippen molar-refractivity contribution in [3.05, 3.63) is 88.5 Å². The summed E-state index contributed by atoms with van der Waals surface area (Å²) >= 11 is 0. The number of aromatic nitrogens is 1. The molecule has 1 N–H and O–H groups in total. The van der Waals surface area contributed by atoms with Gasteiger partial charge in [-0.1, -0.05) is 17.7 Å². The molecule has 0 saturated heterocycles. The van der Waals surface area contributed by atoms with Crippen LogP contribution in [0, 0.1) is 31.0 Å². The largest absolute Gasteiger partial charge is 0.315 e. The van der Waals surface area contributed by atoms with Gasteiger partial charge in [-0.3, -0.25) is 4.79 Å². The second kappa shape index (κ2) is 7.67. The summed E-state index contributed by atoms with van der Waals surface area (Å²) in [4.78, 5) is 12.1. The summed E-state index contributed by atoms with van der Waals surface area (Å²) in [6, 6.07) is 15.4. The Morgan fingerprint density at radius 1 is 1.22 bits per heavy atom. The van der Waals surface area contributed by atoms with Crippen LogP contribution in [0.4, 0.5) is 4.39 Å². The van der Waals surface area contributed by atoms with Crippen molar-refractivity contribution in [1.82, 2.24) is 9.99 Å². The maximum Gasteiger partial charge on any atom is 0.274 e. The van der Waals surface area contributed by atoms with Crippen LogP contribution >= 0.6 is 0 Å². The molecule has 0 atom stereocenters. The van der Waals surface area contributed by atoms with E-state index in [9.17, 15) is 9.18 Å². The lowest BCUT2D eigenvalue weighted by Gasteiger charge is -2.10. The van der Waals surface area contributed by atoms with Gasteiger partial charge in [0.25, 0.3) is 5.91 Å². The first kappa shape index (κ1) is 18.1. The average molecular weight is 360 g/mol. The molecule has 3 aromatic rings. The molecule has 0 bridgehead atoms. The predicted molar refractivity (Wildman–Crippen MR) is 101 cm³/mol. The monoisotopic (exact) mass is 360 g/mol. The molecule has 0 unspecified atom stereocenters. The van der Waals surface area contributed by atoms with E-state index < -0.39 is 11.7 Å². The Hall–Kier alpha value is -3.72. The van der Waals surface area contributed by atoms with Crippen LogP contribution in [-0.2, 0) is 0 Å². The molecule has 0 spiro atoms. The number of hydrogen-bond acceptors (Lipinski definition) is 3. The first-order chi connectivity index (χ1) is 13.0. The quantitative estimate of drug-likeness (QED) is 0.567. The Kier molecular flexibility index (Phi) is 5.13. The number of nitriles is 1. The van der Waals surface area contributed by atoms with Crippen LogP contribution in [0.15, 0.2) is 59.8 Å². The van der Waals surface area contributed by atoms with Crippen molar-refractivity contribution in [3.8, 4) is 11.8 Å². The second-order valence-corrected chi connectivity index (χ2v) is 6.10. The van der Waals surface area contributed by atoms with Crippen molar-refractivity contribution in [3.63, 3.8) is 0 Å². The highest BCUT2D eigenvalue weighted by Gasteiger charge is 2.11. The number of nitrogens with zero attached hydrogens (tertiary/aromatic N) is 3. The number of carbonyl (C=O) groups is 1. The van der Waals surface area contributed by atoms with Gasteiger partial charge in [-0.2, -0.15) is 10.4 Å². The summed E-state index contributed by atoms with van der Waals surface area (Å²) in [6.07, 6.45) is 3.40. The smallest absolute Gasteiger partial charge is 0.274 e. The highest BCUT2D eigenvalue weighted by Crippen LogP contribution is 2.17. The molecule has 0 fully saturated rings. The van der Waals surface area contributed by atoms with Crippen LogP contribution in [0.5, 0.6) is 0 Å². The molecular weight excluding hydrogens is 343 g/mol. The van der Waals surface area contributed by atoms with Gasteiger partial charge in [0.1, 0.15) is 5.82 Å². The summed E-state index contributed by atoms with van der Waals surface area (Å²) < 4.78 is 15.8. The summed E-state index contributed by atoms with van der Waals surface area (Å²) in [7, 11) is 0. The summed E-state index contributed by atoms with van der Waals surface area (Å²) in [5.41, 5.74) is 6.36.